The van der Waals surface area contributed by atoms with Crippen LogP contribution in [-0.4, -0.2) is 26.2 Å². The Labute approximate surface area is 156 Å². The number of benzene rings is 2. The van der Waals surface area contributed by atoms with Gasteiger partial charge in [0.05, 0.1) is 7.11 Å². The molecule has 0 saturated heterocycles. The van der Waals surface area contributed by atoms with Crippen LogP contribution in [0.1, 0.15) is 12.5 Å². The fourth-order valence-electron chi connectivity index (χ4n) is 2.39. The van der Waals surface area contributed by atoms with Crippen molar-refractivity contribution in [2.24, 2.45) is 0 Å². The first-order chi connectivity index (χ1) is 13.0. The molecule has 0 aliphatic heterocycles. The Hall–Kier alpha value is -3.40. The average molecular weight is 372 g/mol. The van der Waals surface area contributed by atoms with Crippen LogP contribution in [-0.2, 0) is 4.79 Å². The van der Waals surface area contributed by atoms with Crippen molar-refractivity contribution in [2.75, 3.05) is 25.2 Å². The molecule has 7 heteroatoms. The average Bonchev–Trinajstić information content (AvgIpc) is 2.68. The van der Waals surface area contributed by atoms with Crippen LogP contribution in [0.25, 0.3) is 6.08 Å². The lowest BCUT2D eigenvalue weighted by Gasteiger charge is -2.19. The summed E-state index contributed by atoms with van der Waals surface area (Å²) in [5.74, 6) is -1.52. The molecular weight excluding hydrogens is 354 g/mol. The van der Waals surface area contributed by atoms with Gasteiger partial charge in [-0.2, -0.15) is 5.26 Å². The number of methoxy groups -OCH3 is 1. The van der Waals surface area contributed by atoms with Gasteiger partial charge in [0.1, 0.15) is 6.07 Å². The molecule has 0 radical (unpaired) electrons. The maximum Gasteiger partial charge on any atom is 0.250 e. The second kappa shape index (κ2) is 9.34. The summed E-state index contributed by atoms with van der Waals surface area (Å²) >= 11 is 0. The number of ether oxygens (including phenoxy) is 2. The second-order valence-electron chi connectivity index (χ2n) is 5.37. The Bertz CT molecular complexity index is 891. The molecule has 2 aromatic carbocycles. The lowest BCUT2D eigenvalue weighted by atomic mass is 10.1. The van der Waals surface area contributed by atoms with Crippen molar-refractivity contribution < 1.29 is 23.0 Å². The second-order valence-corrected chi connectivity index (χ2v) is 5.37. The van der Waals surface area contributed by atoms with E-state index in [0.29, 0.717) is 23.6 Å². The van der Waals surface area contributed by atoms with E-state index in [1.807, 2.05) is 6.07 Å². The predicted molar refractivity (Wildman–Crippen MR) is 97.5 cm³/mol. The van der Waals surface area contributed by atoms with E-state index in [0.717, 1.165) is 12.1 Å². The van der Waals surface area contributed by atoms with Gasteiger partial charge in [-0.3, -0.25) is 4.79 Å². The Morgan fingerprint density at radius 1 is 1.19 bits per heavy atom. The summed E-state index contributed by atoms with van der Waals surface area (Å²) < 4.78 is 37.0. The molecule has 0 aliphatic rings. The number of nitriles is 1. The Balaban J connectivity index is 2.19. The van der Waals surface area contributed by atoms with Gasteiger partial charge in [0, 0.05) is 24.4 Å². The molecule has 0 aromatic heterocycles. The van der Waals surface area contributed by atoms with E-state index in [1.54, 1.807) is 31.2 Å². The summed E-state index contributed by atoms with van der Waals surface area (Å²) in [6.45, 7) is 1.92. The third-order valence-electron chi connectivity index (χ3n) is 3.70. The highest BCUT2D eigenvalue weighted by Gasteiger charge is 2.13. The molecule has 1 amide bonds. The minimum absolute atomic E-state index is 0.107. The summed E-state index contributed by atoms with van der Waals surface area (Å²) in [5, 5.41) is 8.58. The highest BCUT2D eigenvalue weighted by molar-refractivity contribution is 6.03. The van der Waals surface area contributed by atoms with Crippen LogP contribution in [0.3, 0.4) is 0 Å². The van der Waals surface area contributed by atoms with E-state index in [2.05, 4.69) is 0 Å². The quantitative estimate of drug-likeness (QED) is 0.691. The third kappa shape index (κ3) is 5.05. The van der Waals surface area contributed by atoms with Crippen molar-refractivity contribution in [3.8, 4) is 17.6 Å². The minimum atomic E-state index is -1.01. The molecule has 0 saturated carbocycles. The largest absolute Gasteiger partial charge is 0.493 e. The van der Waals surface area contributed by atoms with E-state index in [1.165, 1.54) is 24.2 Å². The molecule has 0 unspecified atom stereocenters. The summed E-state index contributed by atoms with van der Waals surface area (Å²) in [4.78, 5) is 13.8. The molecule has 0 aliphatic carbocycles. The van der Waals surface area contributed by atoms with Crippen LogP contribution in [0, 0.1) is 23.0 Å². The number of amides is 1. The van der Waals surface area contributed by atoms with Crippen LogP contribution in [0.5, 0.6) is 11.5 Å². The molecule has 0 N–H and O–H groups in total. The summed E-state index contributed by atoms with van der Waals surface area (Å²) in [6, 6.07) is 10.2. The molecule has 5 nitrogen and oxygen atoms in total. The third-order valence-corrected chi connectivity index (χ3v) is 3.70. The Morgan fingerprint density at radius 3 is 2.59 bits per heavy atom. The van der Waals surface area contributed by atoms with Gasteiger partial charge in [-0.1, -0.05) is 6.07 Å². The van der Waals surface area contributed by atoms with E-state index in [-0.39, 0.29) is 18.2 Å². The molecule has 2 aromatic rings. The summed E-state index contributed by atoms with van der Waals surface area (Å²) in [7, 11) is 1.47. The predicted octanol–water partition coefficient (Wildman–Crippen LogP) is 3.94. The smallest absolute Gasteiger partial charge is 0.250 e. The lowest BCUT2D eigenvalue weighted by Crippen LogP contribution is -2.28. The van der Waals surface area contributed by atoms with Crippen LogP contribution in [0.2, 0.25) is 0 Å². The Kier molecular flexibility index (Phi) is 6.89. The number of hydrogen-bond donors (Lipinski definition) is 0. The van der Waals surface area contributed by atoms with E-state index >= 15 is 0 Å². The van der Waals surface area contributed by atoms with Crippen LogP contribution >= 0.6 is 0 Å². The fourth-order valence-corrected chi connectivity index (χ4v) is 2.39. The van der Waals surface area contributed by atoms with Crippen molar-refractivity contribution in [3.05, 3.63) is 59.7 Å². The zero-order valence-corrected chi connectivity index (χ0v) is 14.9. The zero-order valence-electron chi connectivity index (χ0n) is 14.9. The summed E-state index contributed by atoms with van der Waals surface area (Å²) in [6.07, 6.45) is 2.90. The first kappa shape index (κ1) is 19.9. The maximum absolute atomic E-state index is 13.4. The first-order valence-corrected chi connectivity index (χ1v) is 8.12. The molecular formula is C20H18F2N2O3. The number of rotatable bonds is 7. The van der Waals surface area contributed by atoms with Crippen LogP contribution in [0.15, 0.2) is 42.5 Å². The molecule has 0 heterocycles. The van der Waals surface area contributed by atoms with E-state index < -0.39 is 11.6 Å². The van der Waals surface area contributed by atoms with Gasteiger partial charge in [0.25, 0.3) is 5.91 Å². The molecule has 0 spiro atoms. The topological polar surface area (TPSA) is 62.6 Å². The van der Waals surface area contributed by atoms with Gasteiger partial charge in [-0.15, -0.1) is 0 Å². The lowest BCUT2D eigenvalue weighted by molar-refractivity contribution is -0.114. The maximum atomic E-state index is 13.4. The van der Waals surface area contributed by atoms with Gasteiger partial charge in [-0.05, 0) is 42.8 Å². The monoisotopic (exact) mass is 372 g/mol. The first-order valence-electron chi connectivity index (χ1n) is 8.12. The molecule has 0 atom stereocenters. The van der Waals surface area contributed by atoms with E-state index in [9.17, 15) is 13.6 Å². The number of nitrogens with zero attached hydrogens (tertiary/aromatic N) is 2. The van der Waals surface area contributed by atoms with Crippen molar-refractivity contribution >= 4 is 17.7 Å². The van der Waals surface area contributed by atoms with Crippen LogP contribution < -0.4 is 14.4 Å². The fraction of sp³-hybridized carbons (Fsp3) is 0.200. The van der Waals surface area contributed by atoms with Gasteiger partial charge < -0.3 is 14.4 Å². The number of likely N-dealkylation sites (N-methyl/N-ethyl adjacent to an activating group) is 1. The minimum Gasteiger partial charge on any atom is -0.493 e. The number of carbonyl (C=O) groups is 1. The van der Waals surface area contributed by atoms with E-state index in [4.69, 9.17) is 14.7 Å². The summed E-state index contributed by atoms with van der Waals surface area (Å²) in [5.41, 5.74) is 0.940. The van der Waals surface area contributed by atoms with Crippen molar-refractivity contribution in [1.82, 2.24) is 0 Å². The number of hydrogen-bond acceptors (Lipinski definition) is 4. The van der Waals surface area contributed by atoms with Gasteiger partial charge in [-0.25, -0.2) is 8.78 Å². The van der Waals surface area contributed by atoms with Crippen molar-refractivity contribution in [2.45, 2.75) is 6.92 Å². The van der Waals surface area contributed by atoms with Crippen molar-refractivity contribution in [3.63, 3.8) is 0 Å². The molecule has 27 heavy (non-hydrogen) atoms. The SMILES string of the molecule is CCN(C(=O)/C=C/c1ccc(OCC#N)c(OC)c1)c1ccc(F)c(F)c1. The van der Waals surface area contributed by atoms with Crippen LogP contribution in [0.4, 0.5) is 14.5 Å². The van der Waals surface area contributed by atoms with Gasteiger partial charge in [0.2, 0.25) is 0 Å². The standard InChI is InChI=1S/C20H18F2N2O3/c1-3-24(15-6-7-16(21)17(22)13-15)20(25)9-5-14-4-8-18(27-11-10-23)19(12-14)26-2/h4-9,12-13H,3,11H2,1-2H3/b9-5+. The Morgan fingerprint density at radius 2 is 1.96 bits per heavy atom. The normalized spacial score (nSPS) is 10.5. The molecule has 140 valence electrons. The molecule has 0 bridgehead atoms. The number of anilines is 1. The van der Waals surface area contributed by atoms with Gasteiger partial charge in [0.15, 0.2) is 29.7 Å². The molecule has 0 fully saturated rings. The zero-order chi connectivity index (χ0) is 19.8. The van der Waals surface area contributed by atoms with Gasteiger partial charge >= 0.3 is 0 Å². The number of halogens is 2. The number of carbonyl (C=O) groups excluding carboxylic acids is 1. The van der Waals surface area contributed by atoms with Crippen molar-refractivity contribution in [1.29, 1.82) is 5.26 Å². The highest BCUT2D eigenvalue weighted by atomic mass is 19.2. The molecule has 2 rings (SSSR count). The highest BCUT2D eigenvalue weighted by Crippen LogP contribution is 2.28.